The first-order valence-corrected chi connectivity index (χ1v) is 8.42. The number of benzene rings is 1. The molecule has 0 aliphatic heterocycles. The van der Waals surface area contributed by atoms with Gasteiger partial charge in [-0.25, -0.2) is 8.42 Å². The number of amides is 2. The van der Waals surface area contributed by atoms with Crippen LogP contribution in [0.25, 0.3) is 0 Å². The average Bonchev–Trinajstić information content (AvgIpc) is 2.53. The molecule has 0 radical (unpaired) electrons. The Hall–Kier alpha value is -2.37. The Balaban J connectivity index is 2.79. The van der Waals surface area contributed by atoms with Crippen molar-refractivity contribution in [3.8, 4) is 12.3 Å². The van der Waals surface area contributed by atoms with Crippen LogP contribution in [0.2, 0.25) is 0 Å². The SMILES string of the molecule is C#CCNS(=O)(=O)c1ccc(C(=O)N[C@@H](C)C(=O)NCC)cc1. The summed E-state index contributed by atoms with van der Waals surface area (Å²) in [5.41, 5.74) is 0.247. The van der Waals surface area contributed by atoms with E-state index in [1.54, 1.807) is 13.8 Å². The zero-order valence-corrected chi connectivity index (χ0v) is 13.7. The summed E-state index contributed by atoms with van der Waals surface area (Å²) in [5.74, 6) is 1.41. The van der Waals surface area contributed by atoms with Crippen LogP contribution in [-0.4, -0.2) is 39.4 Å². The van der Waals surface area contributed by atoms with Crippen LogP contribution in [-0.2, 0) is 14.8 Å². The monoisotopic (exact) mass is 337 g/mol. The third kappa shape index (κ3) is 5.39. The number of hydrogen-bond acceptors (Lipinski definition) is 4. The van der Waals surface area contributed by atoms with Crippen molar-refractivity contribution in [3.05, 3.63) is 29.8 Å². The molecule has 0 unspecified atom stereocenters. The van der Waals surface area contributed by atoms with Gasteiger partial charge in [-0.05, 0) is 38.1 Å². The van der Waals surface area contributed by atoms with E-state index < -0.39 is 22.0 Å². The minimum Gasteiger partial charge on any atom is -0.355 e. The van der Waals surface area contributed by atoms with E-state index in [4.69, 9.17) is 6.42 Å². The quantitative estimate of drug-likeness (QED) is 0.602. The van der Waals surface area contributed by atoms with Crippen LogP contribution in [0.15, 0.2) is 29.2 Å². The molecule has 2 amide bonds. The average molecular weight is 337 g/mol. The highest BCUT2D eigenvalue weighted by molar-refractivity contribution is 7.89. The standard InChI is InChI=1S/C15H19N3O4S/c1-4-10-17-23(21,22)13-8-6-12(7-9-13)15(20)18-11(3)14(19)16-5-2/h1,6-9,11,17H,5,10H2,2-3H3,(H,16,19)(H,18,20)/t11-/m0/s1. The number of carbonyl (C=O) groups excluding carboxylic acids is 2. The molecule has 0 bridgehead atoms. The maximum Gasteiger partial charge on any atom is 0.251 e. The zero-order valence-electron chi connectivity index (χ0n) is 12.9. The van der Waals surface area contributed by atoms with Crippen molar-refractivity contribution in [2.45, 2.75) is 24.8 Å². The lowest BCUT2D eigenvalue weighted by Gasteiger charge is -2.13. The predicted molar refractivity (Wildman–Crippen MR) is 86.1 cm³/mol. The Bertz CT molecular complexity index is 705. The number of rotatable bonds is 7. The fraction of sp³-hybridized carbons (Fsp3) is 0.333. The zero-order chi connectivity index (χ0) is 17.5. The number of hydrogen-bond donors (Lipinski definition) is 3. The molecule has 1 aromatic carbocycles. The summed E-state index contributed by atoms with van der Waals surface area (Å²) in [7, 11) is -3.70. The molecule has 0 saturated carbocycles. The van der Waals surface area contributed by atoms with Crippen molar-refractivity contribution in [3.63, 3.8) is 0 Å². The second kappa shape index (κ2) is 8.31. The van der Waals surface area contributed by atoms with Gasteiger partial charge in [-0.3, -0.25) is 9.59 Å². The van der Waals surface area contributed by atoms with Gasteiger partial charge in [-0.2, -0.15) is 4.72 Å². The van der Waals surface area contributed by atoms with Crippen LogP contribution in [0, 0.1) is 12.3 Å². The van der Waals surface area contributed by atoms with Gasteiger partial charge in [0.1, 0.15) is 6.04 Å². The fourth-order valence-electron chi connectivity index (χ4n) is 1.68. The van der Waals surface area contributed by atoms with Crippen molar-refractivity contribution in [1.82, 2.24) is 15.4 Å². The van der Waals surface area contributed by atoms with Crippen LogP contribution in [0.3, 0.4) is 0 Å². The molecular weight excluding hydrogens is 318 g/mol. The Morgan fingerprint density at radius 3 is 2.39 bits per heavy atom. The van der Waals surface area contributed by atoms with E-state index in [0.29, 0.717) is 6.54 Å². The third-order valence-corrected chi connectivity index (χ3v) is 4.30. The van der Waals surface area contributed by atoms with Crippen LogP contribution >= 0.6 is 0 Å². The minimum atomic E-state index is -3.70. The third-order valence-electron chi connectivity index (χ3n) is 2.88. The minimum absolute atomic E-state index is 0.000995. The normalized spacial score (nSPS) is 12.0. The van der Waals surface area contributed by atoms with Gasteiger partial charge < -0.3 is 10.6 Å². The highest BCUT2D eigenvalue weighted by Crippen LogP contribution is 2.10. The molecule has 0 aromatic heterocycles. The fourth-order valence-corrected chi connectivity index (χ4v) is 2.61. The number of likely N-dealkylation sites (N-methyl/N-ethyl adjacent to an activating group) is 1. The molecule has 0 saturated heterocycles. The second-order valence-corrected chi connectivity index (χ2v) is 6.41. The summed E-state index contributed by atoms with van der Waals surface area (Å²) in [5, 5.41) is 5.12. The molecule has 0 aliphatic rings. The van der Waals surface area contributed by atoms with E-state index in [9.17, 15) is 18.0 Å². The van der Waals surface area contributed by atoms with E-state index in [1.165, 1.54) is 24.3 Å². The lowest BCUT2D eigenvalue weighted by Crippen LogP contribution is -2.44. The van der Waals surface area contributed by atoms with E-state index in [1.807, 2.05) is 0 Å². The molecule has 0 fully saturated rings. The molecule has 7 nitrogen and oxygen atoms in total. The molecule has 0 spiro atoms. The summed E-state index contributed by atoms with van der Waals surface area (Å²) >= 11 is 0. The smallest absolute Gasteiger partial charge is 0.251 e. The van der Waals surface area contributed by atoms with Crippen molar-refractivity contribution in [2.24, 2.45) is 0 Å². The van der Waals surface area contributed by atoms with Crippen molar-refractivity contribution < 1.29 is 18.0 Å². The summed E-state index contributed by atoms with van der Waals surface area (Å²) in [6, 6.07) is 4.63. The number of nitrogens with one attached hydrogen (secondary N) is 3. The van der Waals surface area contributed by atoms with Gasteiger partial charge in [-0.15, -0.1) is 6.42 Å². The van der Waals surface area contributed by atoms with Crippen LogP contribution < -0.4 is 15.4 Å². The van der Waals surface area contributed by atoms with Gasteiger partial charge in [0.2, 0.25) is 15.9 Å². The first kappa shape index (κ1) is 18.7. The van der Waals surface area contributed by atoms with Crippen LogP contribution in [0.4, 0.5) is 0 Å². The summed E-state index contributed by atoms with van der Waals surface area (Å²) in [6.45, 7) is 3.69. The van der Waals surface area contributed by atoms with Crippen molar-refractivity contribution >= 4 is 21.8 Å². The summed E-state index contributed by atoms with van der Waals surface area (Å²) in [6.07, 6.45) is 5.01. The lowest BCUT2D eigenvalue weighted by molar-refractivity contribution is -0.122. The van der Waals surface area contributed by atoms with Crippen molar-refractivity contribution in [2.75, 3.05) is 13.1 Å². The van der Waals surface area contributed by atoms with E-state index >= 15 is 0 Å². The van der Waals surface area contributed by atoms with Gasteiger partial charge in [0.05, 0.1) is 11.4 Å². The Morgan fingerprint density at radius 1 is 1.26 bits per heavy atom. The molecule has 1 rings (SSSR count). The number of terminal acetylenes is 1. The lowest BCUT2D eigenvalue weighted by atomic mass is 10.2. The van der Waals surface area contributed by atoms with Gasteiger partial charge >= 0.3 is 0 Å². The van der Waals surface area contributed by atoms with Crippen LogP contribution in [0.5, 0.6) is 0 Å². The molecule has 23 heavy (non-hydrogen) atoms. The maximum atomic E-state index is 12.0. The van der Waals surface area contributed by atoms with Gasteiger partial charge in [0.25, 0.3) is 5.91 Å². The number of sulfonamides is 1. The topological polar surface area (TPSA) is 104 Å². The first-order chi connectivity index (χ1) is 10.8. The molecule has 8 heteroatoms. The molecule has 1 aromatic rings. The molecule has 1 atom stereocenters. The molecule has 0 aliphatic carbocycles. The largest absolute Gasteiger partial charge is 0.355 e. The van der Waals surface area contributed by atoms with E-state index in [-0.39, 0.29) is 22.9 Å². The van der Waals surface area contributed by atoms with Crippen LogP contribution in [0.1, 0.15) is 24.2 Å². The summed E-state index contributed by atoms with van der Waals surface area (Å²) in [4.78, 5) is 23.6. The van der Waals surface area contributed by atoms with E-state index in [2.05, 4.69) is 21.3 Å². The molecular formula is C15H19N3O4S. The van der Waals surface area contributed by atoms with Crippen molar-refractivity contribution in [1.29, 1.82) is 0 Å². The Morgan fingerprint density at radius 2 is 1.87 bits per heavy atom. The summed E-state index contributed by atoms with van der Waals surface area (Å²) < 4.78 is 25.9. The van der Waals surface area contributed by atoms with E-state index in [0.717, 1.165) is 0 Å². The Labute approximate surface area is 135 Å². The molecule has 0 heterocycles. The van der Waals surface area contributed by atoms with Gasteiger partial charge in [0.15, 0.2) is 0 Å². The molecule has 124 valence electrons. The highest BCUT2D eigenvalue weighted by Gasteiger charge is 2.17. The highest BCUT2D eigenvalue weighted by atomic mass is 32.2. The Kier molecular flexibility index (Phi) is 6.75. The van der Waals surface area contributed by atoms with Gasteiger partial charge in [-0.1, -0.05) is 5.92 Å². The van der Waals surface area contributed by atoms with Gasteiger partial charge in [0, 0.05) is 12.1 Å². The predicted octanol–water partition coefficient (Wildman–Crippen LogP) is -0.147. The first-order valence-electron chi connectivity index (χ1n) is 6.93. The number of carbonyl (C=O) groups is 2. The molecule has 3 N–H and O–H groups in total. The maximum absolute atomic E-state index is 12.0. The second-order valence-electron chi connectivity index (χ2n) is 4.64.